The summed E-state index contributed by atoms with van der Waals surface area (Å²) in [5.41, 5.74) is -5.83. The minimum atomic E-state index is -2.07. The highest BCUT2D eigenvalue weighted by molar-refractivity contribution is 5.89. The average Bonchev–Trinajstić information content (AvgIpc) is 2.90. The summed E-state index contributed by atoms with van der Waals surface area (Å²) in [7, 11) is 0. The molecule has 1 aliphatic heterocycles. The van der Waals surface area contributed by atoms with Gasteiger partial charge in [0.05, 0.1) is 30.3 Å². The second kappa shape index (κ2) is 10.1. The molecule has 2 saturated carbocycles. The lowest BCUT2D eigenvalue weighted by Gasteiger charge is -2.69. The van der Waals surface area contributed by atoms with Crippen LogP contribution < -0.4 is 0 Å². The molecule has 4 N–H and O–H groups in total. The average molecular weight is 589 g/mol. The van der Waals surface area contributed by atoms with Crippen molar-refractivity contribution in [3.8, 4) is 0 Å². The molecule has 1 heterocycles. The standard InChI is InChI=1S/C31H40O11/c1-15-19(40-16(2)32)13-31(38)26(41-27(37)18-10-8-7-9-11-18)24-29(6,25(36)23(35)22(15)28(31,4)5)20(34)12-21-30(24,14-39-21)42-17(3)33/h7-11,19-21,23-26,34-36,38H,12-14H2,1-6H3/t19-,20-,21-,23+,24-,25-,26-,29-,30-,31+/m0/s1. The van der Waals surface area contributed by atoms with Crippen molar-refractivity contribution in [2.75, 3.05) is 6.61 Å². The van der Waals surface area contributed by atoms with E-state index in [1.165, 1.54) is 20.8 Å². The second-order valence-corrected chi connectivity index (χ2v) is 13.0. The summed E-state index contributed by atoms with van der Waals surface area (Å²) in [6, 6.07) is 8.12. The van der Waals surface area contributed by atoms with Crippen LogP contribution in [0, 0.1) is 16.7 Å². The molecular weight excluding hydrogens is 548 g/mol. The molecule has 11 heteroatoms. The molecule has 5 rings (SSSR count). The SMILES string of the molecule is CC(=O)O[C@H]1C[C@@]2(O)[C@@H](OC(=O)c3ccccc3)[C@@H]3[C@]4(OC(C)=O)CO[C@H]4C[C@H](O)[C@]3(C)[C@@H](O)[C@H](O)C(=C1C)C2(C)C. The van der Waals surface area contributed by atoms with Crippen molar-refractivity contribution in [2.24, 2.45) is 16.7 Å². The first kappa shape index (κ1) is 30.6. The lowest BCUT2D eigenvalue weighted by Crippen LogP contribution is -2.82. The third-order valence-corrected chi connectivity index (χ3v) is 10.5. The number of ether oxygens (including phenoxy) is 4. The minimum Gasteiger partial charge on any atom is -0.458 e. The number of esters is 3. The van der Waals surface area contributed by atoms with Gasteiger partial charge in [0.1, 0.15) is 30.0 Å². The Morgan fingerprint density at radius 3 is 2.17 bits per heavy atom. The van der Waals surface area contributed by atoms with E-state index >= 15 is 0 Å². The number of carbonyl (C=O) groups excluding carboxylic acids is 3. The van der Waals surface area contributed by atoms with Gasteiger partial charge in [-0.15, -0.1) is 0 Å². The van der Waals surface area contributed by atoms with E-state index < -0.39 is 82.5 Å². The first-order valence-electron chi connectivity index (χ1n) is 14.2. The van der Waals surface area contributed by atoms with Crippen LogP contribution in [0.3, 0.4) is 0 Å². The Kier molecular flexibility index (Phi) is 7.38. The molecule has 4 aliphatic rings. The zero-order valence-corrected chi connectivity index (χ0v) is 24.7. The summed E-state index contributed by atoms with van der Waals surface area (Å²) >= 11 is 0. The third-order valence-electron chi connectivity index (χ3n) is 10.5. The largest absolute Gasteiger partial charge is 0.458 e. The number of carbonyl (C=O) groups is 3. The Hall–Kier alpha value is -2.83. The van der Waals surface area contributed by atoms with E-state index in [9.17, 15) is 34.8 Å². The van der Waals surface area contributed by atoms with Crippen LogP contribution in [0.5, 0.6) is 0 Å². The Balaban J connectivity index is 1.82. The van der Waals surface area contributed by atoms with Gasteiger partial charge in [0.15, 0.2) is 5.60 Å². The summed E-state index contributed by atoms with van der Waals surface area (Å²) in [5.74, 6) is -3.37. The molecule has 3 fully saturated rings. The second-order valence-electron chi connectivity index (χ2n) is 13.0. The van der Waals surface area contributed by atoms with Crippen molar-refractivity contribution >= 4 is 17.9 Å². The van der Waals surface area contributed by atoms with Gasteiger partial charge < -0.3 is 39.4 Å². The van der Waals surface area contributed by atoms with Crippen LogP contribution >= 0.6 is 0 Å². The van der Waals surface area contributed by atoms with E-state index in [-0.39, 0.29) is 30.6 Å². The van der Waals surface area contributed by atoms with Gasteiger partial charge in [-0.25, -0.2) is 4.79 Å². The fourth-order valence-electron chi connectivity index (χ4n) is 8.20. The summed E-state index contributed by atoms with van der Waals surface area (Å²) in [5, 5.41) is 48.4. The van der Waals surface area contributed by atoms with Gasteiger partial charge >= 0.3 is 17.9 Å². The fourth-order valence-corrected chi connectivity index (χ4v) is 8.20. The van der Waals surface area contributed by atoms with Gasteiger partial charge in [-0.2, -0.15) is 0 Å². The molecule has 1 aromatic carbocycles. The highest BCUT2D eigenvalue weighted by atomic mass is 16.6. The molecule has 1 saturated heterocycles. The van der Waals surface area contributed by atoms with Crippen LogP contribution in [0.2, 0.25) is 0 Å². The molecule has 42 heavy (non-hydrogen) atoms. The lowest BCUT2D eigenvalue weighted by atomic mass is 9.44. The third kappa shape index (κ3) is 4.16. The highest BCUT2D eigenvalue weighted by Crippen LogP contribution is 2.65. The fraction of sp³-hybridized carbons (Fsp3) is 0.645. The van der Waals surface area contributed by atoms with Crippen LogP contribution in [0.15, 0.2) is 41.5 Å². The van der Waals surface area contributed by atoms with Crippen molar-refractivity contribution < 1.29 is 53.8 Å². The van der Waals surface area contributed by atoms with Crippen LogP contribution in [0.25, 0.3) is 0 Å². The molecule has 0 spiro atoms. The Labute approximate surface area is 244 Å². The van der Waals surface area contributed by atoms with Gasteiger partial charge in [-0.05, 0) is 30.2 Å². The molecular formula is C31H40O11. The van der Waals surface area contributed by atoms with Crippen molar-refractivity contribution in [2.45, 2.75) is 102 Å². The predicted molar refractivity (Wildman–Crippen MR) is 146 cm³/mol. The maximum absolute atomic E-state index is 13.7. The maximum Gasteiger partial charge on any atom is 0.338 e. The molecule has 10 atom stereocenters. The highest BCUT2D eigenvalue weighted by Gasteiger charge is 2.77. The van der Waals surface area contributed by atoms with Crippen molar-refractivity contribution in [1.82, 2.24) is 0 Å². The summed E-state index contributed by atoms with van der Waals surface area (Å²) in [6.45, 7) is 8.78. The molecule has 1 aromatic rings. The molecule has 0 amide bonds. The first-order chi connectivity index (χ1) is 19.5. The maximum atomic E-state index is 13.7. The van der Waals surface area contributed by atoms with Crippen LogP contribution in [-0.4, -0.2) is 92.8 Å². The molecule has 0 unspecified atom stereocenters. The van der Waals surface area contributed by atoms with Crippen molar-refractivity contribution in [1.29, 1.82) is 0 Å². The molecule has 0 aromatic heterocycles. The topological polar surface area (TPSA) is 169 Å². The Bertz CT molecular complexity index is 1310. The number of hydrogen-bond donors (Lipinski definition) is 4. The van der Waals surface area contributed by atoms with Crippen LogP contribution in [0.4, 0.5) is 0 Å². The monoisotopic (exact) mass is 588 g/mol. The Morgan fingerprint density at radius 1 is 0.976 bits per heavy atom. The van der Waals surface area contributed by atoms with Crippen molar-refractivity contribution in [3.63, 3.8) is 0 Å². The quantitative estimate of drug-likeness (QED) is 0.228. The number of fused-ring (bicyclic) bond motifs is 5. The van der Waals surface area contributed by atoms with E-state index in [4.69, 9.17) is 18.9 Å². The van der Waals surface area contributed by atoms with Gasteiger partial charge in [0.25, 0.3) is 0 Å². The zero-order valence-electron chi connectivity index (χ0n) is 24.7. The van der Waals surface area contributed by atoms with Gasteiger partial charge in [0.2, 0.25) is 0 Å². The summed E-state index contributed by atoms with van der Waals surface area (Å²) < 4.78 is 23.6. The predicted octanol–water partition coefficient (Wildman–Crippen LogP) is 1.44. The number of hydrogen-bond acceptors (Lipinski definition) is 11. The number of aliphatic hydroxyl groups is 4. The van der Waals surface area contributed by atoms with Crippen LogP contribution in [0.1, 0.15) is 64.7 Å². The minimum absolute atomic E-state index is 0.0423. The Morgan fingerprint density at radius 2 is 1.62 bits per heavy atom. The molecule has 11 nitrogen and oxygen atoms in total. The van der Waals surface area contributed by atoms with Crippen molar-refractivity contribution in [3.05, 3.63) is 47.0 Å². The zero-order chi connectivity index (χ0) is 31.0. The summed E-state index contributed by atoms with van der Waals surface area (Å²) in [6.07, 6.45) is -8.35. The van der Waals surface area contributed by atoms with E-state index in [1.807, 2.05) is 0 Å². The number of aliphatic hydroxyl groups excluding tert-OH is 3. The molecule has 3 aliphatic carbocycles. The molecule has 230 valence electrons. The number of rotatable bonds is 4. The van der Waals surface area contributed by atoms with Gasteiger partial charge in [-0.3, -0.25) is 9.59 Å². The van der Waals surface area contributed by atoms with Gasteiger partial charge in [0, 0.05) is 37.5 Å². The summed E-state index contributed by atoms with van der Waals surface area (Å²) in [4.78, 5) is 38.5. The number of benzene rings is 1. The molecule has 2 bridgehead atoms. The normalized spacial score (nSPS) is 42.1. The lowest BCUT2D eigenvalue weighted by molar-refractivity contribution is -0.365. The van der Waals surface area contributed by atoms with E-state index in [2.05, 4.69) is 0 Å². The smallest absolute Gasteiger partial charge is 0.338 e. The molecule has 0 radical (unpaired) electrons. The van der Waals surface area contributed by atoms with E-state index in [1.54, 1.807) is 51.1 Å². The van der Waals surface area contributed by atoms with E-state index in [0.717, 1.165) is 0 Å². The first-order valence-corrected chi connectivity index (χ1v) is 14.2. The van der Waals surface area contributed by atoms with E-state index in [0.29, 0.717) is 5.57 Å². The van der Waals surface area contributed by atoms with Crippen LogP contribution in [-0.2, 0) is 28.5 Å². The van der Waals surface area contributed by atoms with Gasteiger partial charge in [-0.1, -0.05) is 39.0 Å².